The van der Waals surface area contributed by atoms with Crippen LogP contribution in [0.2, 0.25) is 5.02 Å². The van der Waals surface area contributed by atoms with Crippen molar-refractivity contribution in [2.75, 3.05) is 6.54 Å². The van der Waals surface area contributed by atoms with Gasteiger partial charge in [-0.3, -0.25) is 9.36 Å². The van der Waals surface area contributed by atoms with Crippen LogP contribution in [0.4, 0.5) is 4.39 Å². The Balaban J connectivity index is 1.51. The van der Waals surface area contributed by atoms with Gasteiger partial charge in [-0.25, -0.2) is 9.37 Å². The quantitative estimate of drug-likeness (QED) is 0.171. The van der Waals surface area contributed by atoms with Crippen LogP contribution in [0.3, 0.4) is 0 Å². The molecule has 182 valence electrons. The smallest absolute Gasteiger partial charge is 0.270 e. The first-order valence-electron chi connectivity index (χ1n) is 11.4. The minimum Gasteiger partial charge on any atom is -0.351 e. The Hall–Kier alpha value is -2.75. The molecular formula is C25H25ClFN5OS2. The summed E-state index contributed by atoms with van der Waals surface area (Å²) in [6.45, 7) is 2.81. The van der Waals surface area contributed by atoms with Gasteiger partial charge in [-0.2, -0.15) is 0 Å². The number of halogens is 2. The molecule has 1 amide bonds. The first-order chi connectivity index (χ1) is 17.1. The van der Waals surface area contributed by atoms with Crippen molar-refractivity contribution < 1.29 is 9.18 Å². The lowest BCUT2D eigenvalue weighted by atomic mass is 10.2. The molecule has 0 radical (unpaired) electrons. The molecule has 10 heteroatoms. The number of thioether (sulfide) groups is 1. The number of nitrogens with one attached hydrogen (secondary N) is 1. The van der Waals surface area contributed by atoms with E-state index in [-0.39, 0.29) is 5.91 Å². The first kappa shape index (κ1) is 25.3. The highest BCUT2D eigenvalue weighted by Gasteiger charge is 2.21. The highest BCUT2D eigenvalue weighted by molar-refractivity contribution is 7.98. The van der Waals surface area contributed by atoms with Crippen LogP contribution in [-0.4, -0.2) is 32.2 Å². The van der Waals surface area contributed by atoms with Crippen LogP contribution in [0.1, 0.15) is 48.1 Å². The van der Waals surface area contributed by atoms with E-state index in [1.165, 1.54) is 35.6 Å². The van der Waals surface area contributed by atoms with Gasteiger partial charge < -0.3 is 5.32 Å². The standard InChI is InChI=1S/C25H25ClFN5OS2/c1-2-3-4-9-14-28-24(33)20-15-34-22(29-20)16-35-25-31-30-23(17-10-5-6-11-18(17)26)32(25)21-13-8-7-12-19(21)27/h5-8,10-13,15H,2-4,9,14,16H2,1H3,(H,28,33). The summed E-state index contributed by atoms with van der Waals surface area (Å²) in [5, 5.41) is 15.1. The number of hydrogen-bond donors (Lipinski definition) is 1. The van der Waals surface area contributed by atoms with Gasteiger partial charge in [0.2, 0.25) is 0 Å². The maximum Gasteiger partial charge on any atom is 0.270 e. The average Bonchev–Trinajstić information content (AvgIpc) is 3.50. The molecule has 0 aliphatic carbocycles. The lowest BCUT2D eigenvalue weighted by Crippen LogP contribution is -2.24. The predicted octanol–water partition coefficient (Wildman–Crippen LogP) is 6.79. The summed E-state index contributed by atoms with van der Waals surface area (Å²) in [5.41, 5.74) is 1.40. The van der Waals surface area contributed by atoms with Gasteiger partial charge >= 0.3 is 0 Å². The van der Waals surface area contributed by atoms with Crippen molar-refractivity contribution in [3.63, 3.8) is 0 Å². The lowest BCUT2D eigenvalue weighted by Gasteiger charge is -2.11. The third-order valence-corrected chi connectivity index (χ3v) is 7.57. The summed E-state index contributed by atoms with van der Waals surface area (Å²) in [7, 11) is 0. The molecule has 35 heavy (non-hydrogen) atoms. The van der Waals surface area contributed by atoms with Crippen molar-refractivity contribution in [1.82, 2.24) is 25.1 Å². The largest absolute Gasteiger partial charge is 0.351 e. The Labute approximate surface area is 217 Å². The summed E-state index contributed by atoms with van der Waals surface area (Å²) in [5.74, 6) is 0.355. The van der Waals surface area contributed by atoms with Gasteiger partial charge in [0.15, 0.2) is 11.0 Å². The van der Waals surface area contributed by atoms with E-state index >= 15 is 0 Å². The molecule has 0 fully saturated rings. The summed E-state index contributed by atoms with van der Waals surface area (Å²) in [6.07, 6.45) is 4.40. The van der Waals surface area contributed by atoms with Gasteiger partial charge in [0.25, 0.3) is 5.91 Å². The second kappa shape index (κ2) is 12.3. The second-order valence-electron chi connectivity index (χ2n) is 7.80. The molecule has 0 bridgehead atoms. The zero-order valence-electron chi connectivity index (χ0n) is 19.2. The molecule has 0 spiro atoms. The molecule has 4 rings (SSSR count). The number of carbonyl (C=O) groups is 1. The van der Waals surface area contributed by atoms with Gasteiger partial charge in [0.05, 0.1) is 16.5 Å². The number of thiazole rings is 1. The molecule has 2 aromatic carbocycles. The van der Waals surface area contributed by atoms with Crippen LogP contribution in [0.25, 0.3) is 17.1 Å². The Morgan fingerprint density at radius 1 is 1.11 bits per heavy atom. The first-order valence-corrected chi connectivity index (χ1v) is 13.6. The van der Waals surface area contributed by atoms with Crippen LogP contribution < -0.4 is 5.32 Å². The third kappa shape index (κ3) is 6.28. The van der Waals surface area contributed by atoms with E-state index in [0.29, 0.717) is 45.2 Å². The van der Waals surface area contributed by atoms with Gasteiger partial charge in [0.1, 0.15) is 16.5 Å². The number of benzene rings is 2. The Morgan fingerprint density at radius 2 is 1.91 bits per heavy atom. The highest BCUT2D eigenvalue weighted by Crippen LogP contribution is 2.34. The van der Waals surface area contributed by atoms with Crippen molar-refractivity contribution in [3.8, 4) is 17.1 Å². The summed E-state index contributed by atoms with van der Waals surface area (Å²) in [6, 6.07) is 13.7. The average molecular weight is 530 g/mol. The van der Waals surface area contributed by atoms with E-state index in [9.17, 15) is 9.18 Å². The fourth-order valence-electron chi connectivity index (χ4n) is 3.48. The highest BCUT2D eigenvalue weighted by atomic mass is 35.5. The molecule has 2 aromatic heterocycles. The minimum atomic E-state index is -0.394. The van der Waals surface area contributed by atoms with Crippen LogP contribution in [0.5, 0.6) is 0 Å². The van der Waals surface area contributed by atoms with Crippen LogP contribution in [0.15, 0.2) is 59.1 Å². The zero-order chi connectivity index (χ0) is 24.6. The fourth-order valence-corrected chi connectivity index (χ4v) is 5.44. The van der Waals surface area contributed by atoms with E-state index in [4.69, 9.17) is 11.6 Å². The number of rotatable bonds is 11. The predicted molar refractivity (Wildman–Crippen MR) is 140 cm³/mol. The van der Waals surface area contributed by atoms with Crippen LogP contribution >= 0.6 is 34.7 Å². The molecule has 0 unspecified atom stereocenters. The number of amides is 1. The van der Waals surface area contributed by atoms with Crippen LogP contribution in [0, 0.1) is 5.82 Å². The molecule has 0 saturated carbocycles. The SMILES string of the molecule is CCCCCCNC(=O)c1csc(CSc2nnc(-c3ccccc3Cl)n2-c2ccccc2F)n1. The monoisotopic (exact) mass is 529 g/mol. The van der Waals surface area contributed by atoms with Crippen molar-refractivity contribution in [1.29, 1.82) is 0 Å². The molecule has 0 atom stereocenters. The topological polar surface area (TPSA) is 72.7 Å². The van der Waals surface area contributed by atoms with Crippen molar-refractivity contribution >= 4 is 40.6 Å². The van der Waals surface area contributed by atoms with Gasteiger partial charge in [0, 0.05) is 17.5 Å². The number of carbonyl (C=O) groups excluding carboxylic acids is 1. The minimum absolute atomic E-state index is 0.162. The molecule has 6 nitrogen and oxygen atoms in total. The Bertz CT molecular complexity index is 1290. The van der Waals surface area contributed by atoms with E-state index in [0.717, 1.165) is 24.3 Å². The zero-order valence-corrected chi connectivity index (χ0v) is 21.6. The van der Waals surface area contributed by atoms with Crippen molar-refractivity contribution in [3.05, 3.63) is 75.5 Å². The molecule has 0 aliphatic rings. The van der Waals surface area contributed by atoms with E-state index < -0.39 is 5.82 Å². The van der Waals surface area contributed by atoms with E-state index in [1.807, 2.05) is 18.2 Å². The number of aromatic nitrogens is 4. The van der Waals surface area contributed by atoms with Gasteiger partial charge in [-0.1, -0.05) is 73.8 Å². The van der Waals surface area contributed by atoms with Crippen molar-refractivity contribution in [2.24, 2.45) is 0 Å². The third-order valence-electron chi connectivity index (χ3n) is 5.27. The molecule has 2 heterocycles. The number of para-hydroxylation sites is 1. The fraction of sp³-hybridized carbons (Fsp3) is 0.280. The summed E-state index contributed by atoms with van der Waals surface area (Å²) >= 11 is 9.19. The Morgan fingerprint density at radius 3 is 2.71 bits per heavy atom. The van der Waals surface area contributed by atoms with E-state index in [2.05, 4.69) is 27.4 Å². The number of nitrogens with zero attached hydrogens (tertiary/aromatic N) is 4. The normalized spacial score (nSPS) is 11.1. The second-order valence-corrected chi connectivity index (χ2v) is 10.1. The maximum absolute atomic E-state index is 14.8. The summed E-state index contributed by atoms with van der Waals surface area (Å²) < 4.78 is 16.4. The molecular weight excluding hydrogens is 505 g/mol. The molecule has 1 N–H and O–H groups in total. The number of unbranched alkanes of at least 4 members (excludes halogenated alkanes) is 3. The molecule has 0 aliphatic heterocycles. The van der Waals surface area contributed by atoms with Gasteiger partial charge in [-0.05, 0) is 30.7 Å². The molecule has 4 aromatic rings. The van der Waals surface area contributed by atoms with Gasteiger partial charge in [-0.15, -0.1) is 21.5 Å². The van der Waals surface area contributed by atoms with Crippen LogP contribution in [-0.2, 0) is 5.75 Å². The van der Waals surface area contributed by atoms with Crippen molar-refractivity contribution in [2.45, 2.75) is 43.5 Å². The Kier molecular flexibility index (Phi) is 8.90. The molecule has 0 saturated heterocycles. The van der Waals surface area contributed by atoms with E-state index in [1.54, 1.807) is 34.2 Å². The summed E-state index contributed by atoms with van der Waals surface area (Å²) in [4.78, 5) is 16.9. The lowest BCUT2D eigenvalue weighted by molar-refractivity contribution is 0.0948. The number of hydrogen-bond acceptors (Lipinski definition) is 6. The maximum atomic E-state index is 14.8.